The Morgan fingerprint density at radius 3 is 2.33 bits per heavy atom. The fourth-order valence-corrected chi connectivity index (χ4v) is 2.91. The van der Waals surface area contributed by atoms with Crippen LogP contribution in [-0.2, 0) is 9.84 Å². The molecule has 0 atom stereocenters. The summed E-state index contributed by atoms with van der Waals surface area (Å²) in [5.74, 6) is -0.575. The number of benzene rings is 1. The van der Waals surface area contributed by atoms with Gasteiger partial charge in [0.05, 0.1) is 17.3 Å². The number of halogens is 3. The normalized spacial score (nSPS) is 11.9. The van der Waals surface area contributed by atoms with E-state index in [0.717, 1.165) is 6.07 Å². The largest absolute Gasteiger partial charge is 1.00 e. The second-order valence-electron chi connectivity index (χ2n) is 4.62. The Morgan fingerprint density at radius 1 is 1.19 bits per heavy atom. The van der Waals surface area contributed by atoms with E-state index in [4.69, 9.17) is 4.74 Å². The molecule has 0 spiro atoms. The van der Waals surface area contributed by atoms with E-state index in [0.29, 0.717) is 12.0 Å². The first kappa shape index (κ1) is 21.5. The summed E-state index contributed by atoms with van der Waals surface area (Å²) in [6.45, 7) is -2.18. The maximum atomic E-state index is 12.9. The van der Waals surface area contributed by atoms with Crippen molar-refractivity contribution in [2.75, 3.05) is 18.1 Å². The third-order valence-electron chi connectivity index (χ3n) is 2.68. The Bertz CT molecular complexity index is 561. The quantitative estimate of drug-likeness (QED) is 0.610. The van der Waals surface area contributed by atoms with Crippen molar-refractivity contribution in [3.05, 3.63) is 23.8 Å². The second kappa shape index (κ2) is 8.93. The van der Waals surface area contributed by atoms with E-state index in [2.05, 4.69) is 0 Å². The molecule has 0 bridgehead atoms. The van der Waals surface area contributed by atoms with E-state index in [1.54, 1.807) is 13.8 Å². The SMILES string of the molecule is CCCS(=O)(=O)CCOc1ccc(C)cc1[B-](F)(F)F.[K+]. The molecule has 0 radical (unpaired) electrons. The molecule has 0 aliphatic heterocycles. The Labute approximate surface area is 166 Å². The van der Waals surface area contributed by atoms with Crippen LogP contribution in [0.25, 0.3) is 0 Å². The summed E-state index contributed by atoms with van der Waals surface area (Å²) in [6.07, 6.45) is 0.476. The number of hydrogen-bond donors (Lipinski definition) is 0. The van der Waals surface area contributed by atoms with Gasteiger partial charge in [-0.2, -0.15) is 0 Å². The Morgan fingerprint density at radius 2 is 1.81 bits per heavy atom. The minimum absolute atomic E-state index is 0. The van der Waals surface area contributed by atoms with Crippen molar-refractivity contribution in [2.45, 2.75) is 20.3 Å². The Kier molecular flexibility index (Phi) is 9.12. The molecule has 0 fully saturated rings. The molecule has 0 saturated carbocycles. The molecule has 1 aromatic rings. The molecule has 0 aromatic heterocycles. The van der Waals surface area contributed by atoms with Crippen LogP contribution in [0, 0.1) is 6.92 Å². The van der Waals surface area contributed by atoms with E-state index in [9.17, 15) is 21.4 Å². The van der Waals surface area contributed by atoms with Gasteiger partial charge < -0.3 is 17.7 Å². The fourth-order valence-electron chi connectivity index (χ4n) is 1.75. The maximum Gasteiger partial charge on any atom is 1.00 e. The van der Waals surface area contributed by atoms with Crippen LogP contribution in [0.1, 0.15) is 18.9 Å². The zero-order chi connectivity index (χ0) is 15.4. The second-order valence-corrected chi connectivity index (χ2v) is 6.92. The fraction of sp³-hybridized carbons (Fsp3) is 0.500. The van der Waals surface area contributed by atoms with Crippen molar-refractivity contribution >= 4 is 22.3 Å². The third kappa shape index (κ3) is 7.52. The van der Waals surface area contributed by atoms with Gasteiger partial charge in [0.25, 0.3) is 0 Å². The van der Waals surface area contributed by atoms with E-state index in [-0.39, 0.29) is 75.2 Å². The molecule has 0 saturated heterocycles. The summed E-state index contributed by atoms with van der Waals surface area (Å²) in [7, 11) is -3.26. The smallest absolute Gasteiger partial charge is 0.496 e. The molecule has 0 unspecified atom stereocenters. The van der Waals surface area contributed by atoms with Crippen molar-refractivity contribution in [1.29, 1.82) is 0 Å². The van der Waals surface area contributed by atoms with Gasteiger partial charge in [-0.05, 0) is 19.4 Å². The van der Waals surface area contributed by atoms with Crippen LogP contribution < -0.4 is 61.6 Å². The summed E-state index contributed by atoms with van der Waals surface area (Å²) >= 11 is 0. The molecule has 0 aliphatic carbocycles. The number of ether oxygens (including phenoxy) is 1. The first-order valence-corrected chi connectivity index (χ1v) is 8.11. The molecular formula is C12H17BF3KO3S. The Balaban J connectivity index is 0.00000400. The van der Waals surface area contributed by atoms with E-state index < -0.39 is 22.3 Å². The van der Waals surface area contributed by atoms with Gasteiger partial charge in [-0.25, -0.2) is 8.42 Å². The average Bonchev–Trinajstić information content (AvgIpc) is 2.29. The molecule has 0 N–H and O–H groups in total. The third-order valence-corrected chi connectivity index (χ3v) is 4.50. The standard InChI is InChI=1S/C12H17BF3O3S.K/c1-3-7-20(17,18)8-6-19-12-5-4-10(2)9-11(12)13(14,15)16;/h4-5,9H,3,6-8H2,1-2H3;/q-1;+1. The van der Waals surface area contributed by atoms with Crippen LogP contribution in [0.5, 0.6) is 5.75 Å². The first-order valence-electron chi connectivity index (χ1n) is 6.29. The van der Waals surface area contributed by atoms with Gasteiger partial charge in [-0.15, -0.1) is 0 Å². The molecule has 1 rings (SSSR count). The number of aryl methyl sites for hydroxylation is 1. The zero-order valence-electron chi connectivity index (χ0n) is 12.4. The molecule has 3 nitrogen and oxygen atoms in total. The van der Waals surface area contributed by atoms with Crippen LogP contribution in [-0.4, -0.2) is 33.5 Å². The van der Waals surface area contributed by atoms with Crippen LogP contribution in [0.2, 0.25) is 0 Å². The van der Waals surface area contributed by atoms with Crippen LogP contribution in [0.4, 0.5) is 12.9 Å². The van der Waals surface area contributed by atoms with Crippen molar-refractivity contribution in [2.24, 2.45) is 0 Å². The van der Waals surface area contributed by atoms with E-state index in [1.807, 2.05) is 0 Å². The van der Waals surface area contributed by atoms with Gasteiger partial charge in [0.1, 0.15) is 6.61 Å². The predicted octanol–water partition coefficient (Wildman–Crippen LogP) is -0.743. The summed E-state index contributed by atoms with van der Waals surface area (Å²) in [4.78, 5) is 0. The minimum Gasteiger partial charge on any atom is -0.496 e. The van der Waals surface area contributed by atoms with Crippen LogP contribution in [0.3, 0.4) is 0 Å². The summed E-state index contributed by atoms with van der Waals surface area (Å²) < 4.78 is 66.6. The molecule has 0 amide bonds. The molecule has 9 heteroatoms. The van der Waals surface area contributed by atoms with Gasteiger partial charge in [0.15, 0.2) is 9.84 Å². The summed E-state index contributed by atoms with van der Waals surface area (Å²) in [6, 6.07) is 3.74. The van der Waals surface area contributed by atoms with Gasteiger partial charge in [-0.1, -0.05) is 30.1 Å². The number of rotatable bonds is 7. The predicted molar refractivity (Wildman–Crippen MR) is 74.3 cm³/mol. The maximum absolute atomic E-state index is 12.9. The van der Waals surface area contributed by atoms with E-state index in [1.165, 1.54) is 12.1 Å². The molecule has 21 heavy (non-hydrogen) atoms. The molecule has 0 aliphatic rings. The molecule has 1 aromatic carbocycles. The van der Waals surface area contributed by atoms with E-state index >= 15 is 0 Å². The Hall–Kier alpha value is 0.461. The number of hydrogen-bond acceptors (Lipinski definition) is 3. The minimum atomic E-state index is -5.19. The molecule has 0 heterocycles. The van der Waals surface area contributed by atoms with Crippen LogP contribution in [0.15, 0.2) is 18.2 Å². The monoisotopic (exact) mass is 348 g/mol. The summed E-state index contributed by atoms with van der Waals surface area (Å²) in [5.41, 5.74) is -0.344. The van der Waals surface area contributed by atoms with Crippen molar-refractivity contribution in [3.63, 3.8) is 0 Å². The van der Waals surface area contributed by atoms with Crippen molar-refractivity contribution in [1.82, 2.24) is 0 Å². The van der Waals surface area contributed by atoms with Gasteiger partial charge in [-0.3, -0.25) is 0 Å². The average molecular weight is 348 g/mol. The zero-order valence-corrected chi connectivity index (χ0v) is 16.3. The first-order chi connectivity index (χ1) is 9.15. The van der Waals surface area contributed by atoms with Gasteiger partial charge >= 0.3 is 58.4 Å². The summed E-state index contributed by atoms with van der Waals surface area (Å²) in [5, 5.41) is 0. The van der Waals surface area contributed by atoms with Crippen LogP contribution >= 0.6 is 0 Å². The molecule has 114 valence electrons. The molecular weight excluding hydrogens is 331 g/mol. The van der Waals surface area contributed by atoms with Crippen molar-refractivity contribution in [3.8, 4) is 5.75 Å². The topological polar surface area (TPSA) is 43.4 Å². The van der Waals surface area contributed by atoms with Gasteiger partial charge in [0.2, 0.25) is 0 Å². The van der Waals surface area contributed by atoms with Crippen molar-refractivity contribution < 1.29 is 77.5 Å². The number of sulfone groups is 1. The van der Waals surface area contributed by atoms with Gasteiger partial charge in [0, 0.05) is 0 Å².